The van der Waals surface area contributed by atoms with Crippen LogP contribution in [-0.4, -0.2) is 23.5 Å². The summed E-state index contributed by atoms with van der Waals surface area (Å²) in [5, 5.41) is 0. The molecule has 1 fully saturated rings. The molecule has 1 aliphatic rings. The minimum atomic E-state index is -1.47. The highest BCUT2D eigenvalue weighted by Gasteiger charge is 2.55. The van der Waals surface area contributed by atoms with Crippen LogP contribution in [0, 0.1) is 22.7 Å². The zero-order chi connectivity index (χ0) is 13.4. The first-order valence-electron chi connectivity index (χ1n) is 6.68. The monoisotopic (exact) mass is 258 g/mol. The van der Waals surface area contributed by atoms with E-state index in [9.17, 15) is 0 Å². The van der Waals surface area contributed by atoms with Crippen LogP contribution in [0.4, 0.5) is 0 Å². The van der Waals surface area contributed by atoms with Crippen LogP contribution in [-0.2, 0) is 8.85 Å². The van der Waals surface area contributed by atoms with E-state index < -0.39 is 9.28 Å². The Morgan fingerprint density at radius 1 is 0.882 bits per heavy atom. The van der Waals surface area contributed by atoms with Crippen LogP contribution in [0.1, 0.15) is 48.0 Å². The number of hydrogen-bond donors (Lipinski definition) is 0. The maximum Gasteiger partial charge on any atom is 0.324 e. The highest BCUT2D eigenvalue weighted by Crippen LogP contribution is 2.60. The summed E-state index contributed by atoms with van der Waals surface area (Å²) in [6.45, 7) is 14.2. The summed E-state index contributed by atoms with van der Waals surface area (Å²) in [5.41, 5.74) is 1.42. The van der Waals surface area contributed by atoms with Gasteiger partial charge in [0.1, 0.15) is 0 Å². The highest BCUT2D eigenvalue weighted by molar-refractivity contribution is 6.46. The van der Waals surface area contributed by atoms with Crippen LogP contribution in [0.3, 0.4) is 0 Å². The van der Waals surface area contributed by atoms with Gasteiger partial charge in [0, 0.05) is 19.8 Å². The first-order chi connectivity index (χ1) is 7.62. The normalized spacial score (nSPS) is 30.5. The standard InChI is InChI=1S/C14H30O2Si/c1-13(2,3)10-9-11(17(15-7)16-8)12(10)14(4,5)6/h10-12,17H,9H2,1-8H3. The summed E-state index contributed by atoms with van der Waals surface area (Å²) in [5.74, 6) is 1.53. The molecule has 0 N–H and O–H groups in total. The second kappa shape index (κ2) is 5.02. The van der Waals surface area contributed by atoms with E-state index in [1.165, 1.54) is 6.42 Å². The molecule has 0 bridgehead atoms. The molecule has 17 heavy (non-hydrogen) atoms. The van der Waals surface area contributed by atoms with Gasteiger partial charge < -0.3 is 8.85 Å². The lowest BCUT2D eigenvalue weighted by molar-refractivity contribution is -0.0288. The third kappa shape index (κ3) is 3.12. The van der Waals surface area contributed by atoms with Gasteiger partial charge in [-0.25, -0.2) is 0 Å². The Labute approximate surface area is 109 Å². The molecule has 1 rings (SSSR count). The van der Waals surface area contributed by atoms with E-state index in [-0.39, 0.29) is 0 Å². The Balaban J connectivity index is 2.85. The number of hydrogen-bond acceptors (Lipinski definition) is 2. The smallest absolute Gasteiger partial charge is 0.324 e. The molecule has 0 aromatic carbocycles. The van der Waals surface area contributed by atoms with Crippen molar-refractivity contribution in [3.8, 4) is 0 Å². The fourth-order valence-electron chi connectivity index (χ4n) is 3.55. The van der Waals surface area contributed by atoms with Gasteiger partial charge in [0.2, 0.25) is 0 Å². The summed E-state index contributed by atoms with van der Waals surface area (Å²) < 4.78 is 11.2. The van der Waals surface area contributed by atoms with Gasteiger partial charge in [-0.1, -0.05) is 41.5 Å². The summed E-state index contributed by atoms with van der Waals surface area (Å²) in [6, 6.07) is 0. The van der Waals surface area contributed by atoms with Crippen LogP contribution in [0.25, 0.3) is 0 Å². The van der Waals surface area contributed by atoms with Crippen molar-refractivity contribution in [3.63, 3.8) is 0 Å². The predicted octanol–water partition coefficient (Wildman–Crippen LogP) is 3.60. The van der Waals surface area contributed by atoms with Crippen molar-refractivity contribution in [2.24, 2.45) is 22.7 Å². The minimum Gasteiger partial charge on any atom is -0.400 e. The van der Waals surface area contributed by atoms with Gasteiger partial charge in [-0.2, -0.15) is 0 Å². The highest BCUT2D eigenvalue weighted by atomic mass is 28.3. The molecule has 2 nitrogen and oxygen atoms in total. The Bertz CT molecular complexity index is 248. The van der Waals surface area contributed by atoms with Crippen molar-refractivity contribution in [2.45, 2.75) is 53.5 Å². The summed E-state index contributed by atoms with van der Waals surface area (Å²) >= 11 is 0. The molecule has 0 aliphatic heterocycles. The van der Waals surface area contributed by atoms with Crippen LogP contribution < -0.4 is 0 Å². The van der Waals surface area contributed by atoms with Crippen molar-refractivity contribution in [1.29, 1.82) is 0 Å². The van der Waals surface area contributed by atoms with E-state index in [1.807, 2.05) is 14.2 Å². The molecule has 0 spiro atoms. The van der Waals surface area contributed by atoms with Crippen LogP contribution >= 0.6 is 0 Å². The molecule has 3 heteroatoms. The first-order valence-corrected chi connectivity index (χ1v) is 8.29. The molecule has 0 radical (unpaired) electrons. The first kappa shape index (κ1) is 15.2. The minimum absolute atomic E-state index is 0.350. The number of rotatable bonds is 3. The third-order valence-electron chi connectivity index (χ3n) is 4.35. The van der Waals surface area contributed by atoms with Gasteiger partial charge in [-0.15, -0.1) is 0 Å². The molecule has 1 saturated carbocycles. The van der Waals surface area contributed by atoms with Gasteiger partial charge in [0.15, 0.2) is 0 Å². The molecular formula is C14H30O2Si. The molecule has 3 atom stereocenters. The summed E-state index contributed by atoms with van der Waals surface area (Å²) in [7, 11) is 2.15. The Morgan fingerprint density at radius 3 is 1.65 bits per heavy atom. The van der Waals surface area contributed by atoms with Crippen molar-refractivity contribution >= 4 is 9.28 Å². The zero-order valence-corrected chi connectivity index (χ0v) is 14.0. The van der Waals surface area contributed by atoms with Crippen LogP contribution in [0.15, 0.2) is 0 Å². The average molecular weight is 258 g/mol. The van der Waals surface area contributed by atoms with Crippen molar-refractivity contribution in [3.05, 3.63) is 0 Å². The largest absolute Gasteiger partial charge is 0.400 e. The van der Waals surface area contributed by atoms with Gasteiger partial charge in [0.25, 0.3) is 0 Å². The Morgan fingerprint density at radius 2 is 1.35 bits per heavy atom. The molecule has 102 valence electrons. The molecule has 0 saturated heterocycles. The van der Waals surface area contributed by atoms with Crippen molar-refractivity contribution in [1.82, 2.24) is 0 Å². The molecule has 0 heterocycles. The third-order valence-corrected chi connectivity index (χ3v) is 6.66. The van der Waals surface area contributed by atoms with E-state index in [1.54, 1.807) is 0 Å². The fraction of sp³-hybridized carbons (Fsp3) is 1.00. The maximum absolute atomic E-state index is 5.61. The van der Waals surface area contributed by atoms with E-state index in [0.717, 1.165) is 11.8 Å². The molecule has 0 aromatic heterocycles. The van der Waals surface area contributed by atoms with E-state index in [2.05, 4.69) is 41.5 Å². The van der Waals surface area contributed by atoms with E-state index in [0.29, 0.717) is 16.4 Å². The quantitative estimate of drug-likeness (QED) is 0.720. The second-order valence-electron chi connectivity index (χ2n) is 7.60. The summed E-state index contributed by atoms with van der Waals surface area (Å²) in [6.07, 6.45) is 1.28. The van der Waals surface area contributed by atoms with Gasteiger partial charge in [-0.05, 0) is 29.1 Å². The zero-order valence-electron chi connectivity index (χ0n) is 12.8. The SMILES string of the molecule is CO[SiH](OC)C1CC(C(C)(C)C)C1C(C)(C)C. The predicted molar refractivity (Wildman–Crippen MR) is 75.4 cm³/mol. The van der Waals surface area contributed by atoms with Crippen LogP contribution in [0.2, 0.25) is 5.54 Å². The van der Waals surface area contributed by atoms with E-state index in [4.69, 9.17) is 8.85 Å². The Kier molecular flexibility index (Phi) is 4.49. The summed E-state index contributed by atoms with van der Waals surface area (Å²) in [4.78, 5) is 0. The van der Waals surface area contributed by atoms with Gasteiger partial charge >= 0.3 is 9.28 Å². The van der Waals surface area contributed by atoms with Crippen molar-refractivity contribution in [2.75, 3.05) is 14.2 Å². The lowest BCUT2D eigenvalue weighted by Crippen LogP contribution is -2.53. The molecule has 1 aliphatic carbocycles. The second-order valence-corrected chi connectivity index (χ2v) is 10.1. The fourth-order valence-corrected chi connectivity index (χ4v) is 6.14. The molecule has 0 aromatic rings. The lowest BCUT2D eigenvalue weighted by atomic mass is 9.53. The van der Waals surface area contributed by atoms with E-state index >= 15 is 0 Å². The lowest BCUT2D eigenvalue weighted by Gasteiger charge is -2.57. The topological polar surface area (TPSA) is 18.5 Å². The molecule has 3 unspecified atom stereocenters. The van der Waals surface area contributed by atoms with Crippen molar-refractivity contribution < 1.29 is 8.85 Å². The molecule has 0 amide bonds. The molecular weight excluding hydrogens is 228 g/mol. The maximum atomic E-state index is 5.61. The average Bonchev–Trinajstić information content (AvgIpc) is 2.05. The Hall–Kier alpha value is 0.137. The van der Waals surface area contributed by atoms with Crippen LogP contribution in [0.5, 0.6) is 0 Å². The van der Waals surface area contributed by atoms with Gasteiger partial charge in [0.05, 0.1) is 0 Å². The van der Waals surface area contributed by atoms with Gasteiger partial charge in [-0.3, -0.25) is 0 Å².